The Morgan fingerprint density at radius 3 is 2.48 bits per heavy atom. The first kappa shape index (κ1) is 15.4. The van der Waals surface area contributed by atoms with Crippen molar-refractivity contribution in [2.45, 2.75) is 40.7 Å². The van der Waals surface area contributed by atoms with Crippen LogP contribution in [-0.2, 0) is 6.54 Å². The van der Waals surface area contributed by atoms with E-state index in [9.17, 15) is 0 Å². The van der Waals surface area contributed by atoms with Gasteiger partial charge in [0.05, 0.1) is 12.3 Å². The van der Waals surface area contributed by atoms with Crippen LogP contribution in [0.2, 0.25) is 0 Å². The highest BCUT2D eigenvalue weighted by atomic mass is 16.5. The van der Waals surface area contributed by atoms with E-state index in [2.05, 4.69) is 69.4 Å². The van der Waals surface area contributed by atoms with Gasteiger partial charge in [-0.15, -0.1) is 0 Å². The molecule has 2 nitrogen and oxygen atoms in total. The number of hydrogen-bond acceptors (Lipinski definition) is 2. The summed E-state index contributed by atoms with van der Waals surface area (Å²) in [5.74, 6) is 0.945. The number of anilines is 1. The number of hydrogen-bond donors (Lipinski definition) is 1. The van der Waals surface area contributed by atoms with Crippen LogP contribution in [0.3, 0.4) is 0 Å². The number of rotatable bonds is 6. The number of aryl methyl sites for hydroxylation is 3. The maximum Gasteiger partial charge on any atom is 0.142 e. The molecule has 0 aromatic heterocycles. The van der Waals surface area contributed by atoms with Gasteiger partial charge in [0, 0.05) is 6.54 Å². The average Bonchev–Trinajstić information content (AvgIpc) is 2.47. The highest BCUT2D eigenvalue weighted by Crippen LogP contribution is 2.26. The second-order valence-corrected chi connectivity index (χ2v) is 5.62. The minimum Gasteiger partial charge on any atom is -0.491 e. The first-order valence-electron chi connectivity index (χ1n) is 7.63. The zero-order valence-corrected chi connectivity index (χ0v) is 13.5. The summed E-state index contributed by atoms with van der Waals surface area (Å²) in [5, 5.41) is 3.49. The summed E-state index contributed by atoms with van der Waals surface area (Å²) in [7, 11) is 0. The highest BCUT2D eigenvalue weighted by molar-refractivity contribution is 5.58. The first-order valence-corrected chi connectivity index (χ1v) is 7.63. The van der Waals surface area contributed by atoms with E-state index in [0.717, 1.165) is 31.0 Å². The first-order chi connectivity index (χ1) is 10.1. The van der Waals surface area contributed by atoms with Crippen LogP contribution in [0.1, 0.15) is 35.6 Å². The lowest BCUT2D eigenvalue weighted by atomic mass is 10.1. The summed E-state index contributed by atoms with van der Waals surface area (Å²) < 4.78 is 5.84. The van der Waals surface area contributed by atoms with Crippen LogP contribution in [0.5, 0.6) is 5.75 Å². The van der Waals surface area contributed by atoms with E-state index in [1.165, 1.54) is 22.3 Å². The lowest BCUT2D eigenvalue weighted by molar-refractivity contribution is 0.318. The van der Waals surface area contributed by atoms with Gasteiger partial charge in [0.2, 0.25) is 0 Å². The Labute approximate surface area is 128 Å². The topological polar surface area (TPSA) is 21.3 Å². The number of nitrogens with one attached hydrogen (secondary N) is 1. The quantitative estimate of drug-likeness (QED) is 0.804. The molecule has 0 bridgehead atoms. The van der Waals surface area contributed by atoms with Crippen LogP contribution in [0.15, 0.2) is 36.4 Å². The van der Waals surface area contributed by atoms with Crippen molar-refractivity contribution >= 4 is 5.69 Å². The van der Waals surface area contributed by atoms with E-state index in [-0.39, 0.29) is 0 Å². The third-order valence-electron chi connectivity index (χ3n) is 3.65. The third kappa shape index (κ3) is 4.25. The largest absolute Gasteiger partial charge is 0.491 e. The predicted octanol–water partition coefficient (Wildman–Crippen LogP) is 5.01. The van der Waals surface area contributed by atoms with Gasteiger partial charge in [-0.1, -0.05) is 31.2 Å². The van der Waals surface area contributed by atoms with E-state index in [1.54, 1.807) is 0 Å². The van der Waals surface area contributed by atoms with Crippen molar-refractivity contribution in [3.05, 3.63) is 58.7 Å². The molecule has 0 saturated heterocycles. The molecule has 1 N–H and O–H groups in total. The molecule has 0 aliphatic carbocycles. The van der Waals surface area contributed by atoms with Crippen molar-refractivity contribution in [1.82, 2.24) is 0 Å². The van der Waals surface area contributed by atoms with E-state index in [0.29, 0.717) is 0 Å². The molecule has 0 heterocycles. The fourth-order valence-corrected chi connectivity index (χ4v) is 2.22. The standard InChI is InChI=1S/C19H25NO/c1-5-10-21-19-11-14(2)6-9-18(19)20-13-17-8-7-15(3)16(4)12-17/h6-9,11-12,20H,5,10,13H2,1-4H3. The Kier molecular flexibility index (Phi) is 5.26. The van der Waals surface area contributed by atoms with Crippen LogP contribution in [0, 0.1) is 20.8 Å². The van der Waals surface area contributed by atoms with E-state index in [1.807, 2.05) is 0 Å². The monoisotopic (exact) mass is 283 g/mol. The number of ether oxygens (including phenoxy) is 1. The summed E-state index contributed by atoms with van der Waals surface area (Å²) in [4.78, 5) is 0. The highest BCUT2D eigenvalue weighted by Gasteiger charge is 2.04. The van der Waals surface area contributed by atoms with Crippen LogP contribution >= 0.6 is 0 Å². The Bertz CT molecular complexity index is 605. The zero-order chi connectivity index (χ0) is 15.2. The Morgan fingerprint density at radius 1 is 0.952 bits per heavy atom. The van der Waals surface area contributed by atoms with Crippen LogP contribution in [0.25, 0.3) is 0 Å². The maximum absolute atomic E-state index is 5.84. The van der Waals surface area contributed by atoms with Crippen molar-refractivity contribution < 1.29 is 4.74 Å². The molecule has 2 aromatic rings. The summed E-state index contributed by atoms with van der Waals surface area (Å²) >= 11 is 0. The molecule has 0 unspecified atom stereocenters. The normalized spacial score (nSPS) is 10.5. The molecule has 0 saturated carbocycles. The van der Waals surface area contributed by atoms with E-state index >= 15 is 0 Å². The fraction of sp³-hybridized carbons (Fsp3) is 0.368. The minimum absolute atomic E-state index is 0.752. The molecule has 21 heavy (non-hydrogen) atoms. The Morgan fingerprint density at radius 2 is 1.76 bits per heavy atom. The van der Waals surface area contributed by atoms with Gasteiger partial charge in [0.15, 0.2) is 0 Å². The van der Waals surface area contributed by atoms with Gasteiger partial charge in [-0.25, -0.2) is 0 Å². The second-order valence-electron chi connectivity index (χ2n) is 5.62. The summed E-state index contributed by atoms with van der Waals surface area (Å²) in [6.45, 7) is 10.1. The van der Waals surface area contributed by atoms with Crippen molar-refractivity contribution in [2.24, 2.45) is 0 Å². The Hall–Kier alpha value is -1.96. The van der Waals surface area contributed by atoms with Crippen LogP contribution in [0.4, 0.5) is 5.69 Å². The molecule has 2 aromatic carbocycles. The molecule has 112 valence electrons. The molecular weight excluding hydrogens is 258 g/mol. The third-order valence-corrected chi connectivity index (χ3v) is 3.65. The second kappa shape index (κ2) is 7.16. The van der Waals surface area contributed by atoms with Crippen molar-refractivity contribution in [2.75, 3.05) is 11.9 Å². The van der Waals surface area contributed by atoms with Crippen molar-refractivity contribution in [3.63, 3.8) is 0 Å². The molecule has 0 spiro atoms. The summed E-state index contributed by atoms with van der Waals surface area (Å²) in [6, 6.07) is 12.9. The van der Waals surface area contributed by atoms with Crippen molar-refractivity contribution in [1.29, 1.82) is 0 Å². The van der Waals surface area contributed by atoms with Crippen LogP contribution < -0.4 is 10.1 Å². The molecule has 0 aliphatic heterocycles. The van der Waals surface area contributed by atoms with Crippen molar-refractivity contribution in [3.8, 4) is 5.75 Å². The summed E-state index contributed by atoms with van der Waals surface area (Å²) in [5.41, 5.74) is 6.24. The molecule has 0 atom stereocenters. The smallest absolute Gasteiger partial charge is 0.142 e. The summed E-state index contributed by atoms with van der Waals surface area (Å²) in [6.07, 6.45) is 1.02. The van der Waals surface area contributed by atoms with E-state index < -0.39 is 0 Å². The molecule has 0 radical (unpaired) electrons. The molecule has 2 rings (SSSR count). The van der Waals surface area contributed by atoms with Gasteiger partial charge in [-0.2, -0.15) is 0 Å². The predicted molar refractivity (Wildman–Crippen MR) is 90.2 cm³/mol. The SMILES string of the molecule is CCCOc1cc(C)ccc1NCc1ccc(C)c(C)c1. The van der Waals surface area contributed by atoms with Gasteiger partial charge in [-0.3, -0.25) is 0 Å². The van der Waals surface area contributed by atoms with Gasteiger partial charge in [0.25, 0.3) is 0 Å². The molecule has 0 aliphatic rings. The lowest BCUT2D eigenvalue weighted by Gasteiger charge is -2.14. The molecule has 0 amide bonds. The zero-order valence-electron chi connectivity index (χ0n) is 13.5. The lowest BCUT2D eigenvalue weighted by Crippen LogP contribution is -2.04. The molecular formula is C19H25NO. The van der Waals surface area contributed by atoms with Gasteiger partial charge in [0.1, 0.15) is 5.75 Å². The van der Waals surface area contributed by atoms with Gasteiger partial charge in [-0.05, 0) is 61.6 Å². The molecule has 2 heteroatoms. The Balaban J connectivity index is 2.09. The fourth-order valence-electron chi connectivity index (χ4n) is 2.22. The molecule has 0 fully saturated rings. The van der Waals surface area contributed by atoms with Gasteiger partial charge < -0.3 is 10.1 Å². The van der Waals surface area contributed by atoms with E-state index in [4.69, 9.17) is 4.74 Å². The average molecular weight is 283 g/mol. The minimum atomic E-state index is 0.752. The number of benzene rings is 2. The van der Waals surface area contributed by atoms with Gasteiger partial charge >= 0.3 is 0 Å². The maximum atomic E-state index is 5.84. The van der Waals surface area contributed by atoms with Crippen LogP contribution in [-0.4, -0.2) is 6.61 Å².